The van der Waals surface area contributed by atoms with Gasteiger partial charge in [0.15, 0.2) is 0 Å². The Kier molecular flexibility index (Phi) is 5.87. The number of piperidine rings is 1. The number of halogens is 2. The van der Waals surface area contributed by atoms with Crippen LogP contribution in [0.5, 0.6) is 0 Å². The van der Waals surface area contributed by atoms with Crippen molar-refractivity contribution in [1.82, 2.24) is 10.2 Å². The molecule has 0 unspecified atom stereocenters. The predicted molar refractivity (Wildman–Crippen MR) is 62.9 cm³/mol. The molecule has 0 radical (unpaired) electrons. The molecule has 0 aliphatic carbocycles. The Morgan fingerprint density at radius 3 is 2.71 bits per heavy atom. The summed E-state index contributed by atoms with van der Waals surface area (Å²) in [6.45, 7) is 4.17. The molecule has 2 nitrogen and oxygen atoms in total. The Morgan fingerprint density at radius 1 is 1.50 bits per heavy atom. The highest BCUT2D eigenvalue weighted by Crippen LogP contribution is 2.14. The van der Waals surface area contributed by atoms with E-state index in [4.69, 9.17) is 23.2 Å². The lowest BCUT2D eigenvalue weighted by Crippen LogP contribution is -2.35. The lowest BCUT2D eigenvalue weighted by molar-refractivity contribution is 0.217. The molecule has 0 aromatic heterocycles. The molecule has 1 fully saturated rings. The average molecular weight is 237 g/mol. The summed E-state index contributed by atoms with van der Waals surface area (Å²) in [6, 6.07) is 0. The molecule has 82 valence electrons. The molecule has 1 aliphatic rings. The first-order chi connectivity index (χ1) is 6.72. The first-order valence-corrected chi connectivity index (χ1v) is 5.88. The van der Waals surface area contributed by atoms with Gasteiger partial charge in [-0.3, -0.25) is 0 Å². The first-order valence-electron chi connectivity index (χ1n) is 5.06. The second-order valence-electron chi connectivity index (χ2n) is 3.93. The maximum atomic E-state index is 5.76. The van der Waals surface area contributed by atoms with E-state index in [-0.39, 0.29) is 0 Å². The highest BCUT2D eigenvalue weighted by atomic mass is 35.5. The molecule has 0 saturated carbocycles. The molecule has 1 aliphatic heterocycles. The molecule has 0 amide bonds. The van der Waals surface area contributed by atoms with E-state index in [0.717, 1.165) is 12.5 Å². The smallest absolute Gasteiger partial charge is 0.0431 e. The number of hydrogen-bond acceptors (Lipinski definition) is 2. The molecule has 0 aromatic carbocycles. The molecule has 0 spiro atoms. The van der Waals surface area contributed by atoms with Gasteiger partial charge in [-0.2, -0.15) is 0 Å². The van der Waals surface area contributed by atoms with Crippen molar-refractivity contribution in [2.24, 2.45) is 5.92 Å². The van der Waals surface area contributed by atoms with Gasteiger partial charge in [0, 0.05) is 17.1 Å². The van der Waals surface area contributed by atoms with Gasteiger partial charge >= 0.3 is 0 Å². The van der Waals surface area contributed by atoms with Crippen LogP contribution in [0.15, 0.2) is 10.6 Å². The molecule has 1 N–H and O–H groups in total. The van der Waals surface area contributed by atoms with Crippen LogP contribution in [0, 0.1) is 5.92 Å². The van der Waals surface area contributed by atoms with Crippen LogP contribution < -0.4 is 5.32 Å². The maximum absolute atomic E-state index is 5.76. The number of likely N-dealkylation sites (tertiary alicyclic amines) is 1. The van der Waals surface area contributed by atoms with Gasteiger partial charge in [0.1, 0.15) is 0 Å². The van der Waals surface area contributed by atoms with E-state index >= 15 is 0 Å². The zero-order valence-corrected chi connectivity index (χ0v) is 10.1. The first kappa shape index (κ1) is 12.3. The fourth-order valence-electron chi connectivity index (χ4n) is 1.70. The fraction of sp³-hybridized carbons (Fsp3) is 0.800. The highest BCUT2D eigenvalue weighted by Gasteiger charge is 2.15. The van der Waals surface area contributed by atoms with E-state index in [1.807, 2.05) is 0 Å². The number of hydrogen-bond donors (Lipinski definition) is 1. The number of rotatable bonds is 4. The van der Waals surface area contributed by atoms with Crippen LogP contribution in [-0.4, -0.2) is 38.1 Å². The summed E-state index contributed by atoms with van der Waals surface area (Å²) in [4.78, 5) is 2.38. The topological polar surface area (TPSA) is 15.3 Å². The van der Waals surface area contributed by atoms with E-state index in [9.17, 15) is 0 Å². The lowest BCUT2D eigenvalue weighted by atomic mass is 9.97. The van der Waals surface area contributed by atoms with Gasteiger partial charge in [0.25, 0.3) is 0 Å². The Bertz CT molecular complexity index is 187. The number of nitrogens with one attached hydrogen (secondary N) is 1. The highest BCUT2D eigenvalue weighted by molar-refractivity contribution is 6.36. The monoisotopic (exact) mass is 236 g/mol. The standard InChI is InChI=1S/C10H18Cl2N2/c1-14-4-2-9(3-5-14)7-13-8-10(12)6-11/h6,9,13H,2-5,7-8H2,1H3. The summed E-state index contributed by atoms with van der Waals surface area (Å²) in [5.41, 5.74) is 1.42. The van der Waals surface area contributed by atoms with E-state index in [1.165, 1.54) is 31.5 Å². The van der Waals surface area contributed by atoms with Gasteiger partial charge in [-0.05, 0) is 45.4 Å². The van der Waals surface area contributed by atoms with E-state index in [2.05, 4.69) is 17.3 Å². The van der Waals surface area contributed by atoms with Gasteiger partial charge in [0.2, 0.25) is 0 Å². The minimum atomic E-state index is 0.680. The van der Waals surface area contributed by atoms with Crippen LogP contribution in [0.1, 0.15) is 12.8 Å². The summed E-state index contributed by atoms with van der Waals surface area (Å²) in [6.07, 6.45) is 2.57. The van der Waals surface area contributed by atoms with E-state index < -0.39 is 0 Å². The van der Waals surface area contributed by atoms with Gasteiger partial charge < -0.3 is 10.2 Å². The molecular formula is C10H18Cl2N2. The Morgan fingerprint density at radius 2 is 2.14 bits per heavy atom. The summed E-state index contributed by atoms with van der Waals surface area (Å²) in [5.74, 6) is 0.797. The predicted octanol–water partition coefficient (Wildman–Crippen LogP) is 2.24. The van der Waals surface area contributed by atoms with Crippen molar-refractivity contribution in [3.8, 4) is 0 Å². The normalized spacial score (nSPS) is 21.5. The Hall–Kier alpha value is 0.240. The molecule has 1 heterocycles. The van der Waals surface area contributed by atoms with Gasteiger partial charge in [0.05, 0.1) is 0 Å². The van der Waals surface area contributed by atoms with Crippen LogP contribution in [0.4, 0.5) is 0 Å². The minimum absolute atomic E-state index is 0.680. The van der Waals surface area contributed by atoms with Crippen LogP contribution in [0.25, 0.3) is 0 Å². The van der Waals surface area contributed by atoms with Gasteiger partial charge in [-0.1, -0.05) is 23.2 Å². The molecule has 0 bridgehead atoms. The van der Waals surface area contributed by atoms with Crippen LogP contribution in [0.2, 0.25) is 0 Å². The van der Waals surface area contributed by atoms with Crippen molar-refractivity contribution in [2.45, 2.75) is 12.8 Å². The molecule has 0 atom stereocenters. The van der Waals surface area contributed by atoms with E-state index in [0.29, 0.717) is 11.6 Å². The van der Waals surface area contributed by atoms with Crippen molar-refractivity contribution < 1.29 is 0 Å². The third-order valence-electron chi connectivity index (χ3n) is 2.68. The maximum Gasteiger partial charge on any atom is 0.0431 e. The largest absolute Gasteiger partial charge is 0.311 e. The van der Waals surface area contributed by atoms with Crippen molar-refractivity contribution in [1.29, 1.82) is 0 Å². The van der Waals surface area contributed by atoms with Crippen molar-refractivity contribution in [3.05, 3.63) is 10.6 Å². The SMILES string of the molecule is CN1CCC(CNCC(Cl)=CCl)CC1. The van der Waals surface area contributed by atoms with Crippen molar-refractivity contribution >= 4 is 23.2 Å². The third kappa shape index (κ3) is 4.65. The minimum Gasteiger partial charge on any atom is -0.311 e. The van der Waals surface area contributed by atoms with Crippen molar-refractivity contribution in [3.63, 3.8) is 0 Å². The number of nitrogens with zero attached hydrogens (tertiary/aromatic N) is 1. The molecule has 1 rings (SSSR count). The van der Waals surface area contributed by atoms with Crippen LogP contribution >= 0.6 is 23.2 Å². The molecule has 14 heavy (non-hydrogen) atoms. The average Bonchev–Trinajstić information content (AvgIpc) is 2.21. The van der Waals surface area contributed by atoms with Crippen LogP contribution in [-0.2, 0) is 0 Å². The quantitative estimate of drug-likeness (QED) is 0.806. The fourth-order valence-corrected chi connectivity index (χ4v) is 1.87. The second-order valence-corrected chi connectivity index (χ2v) is 4.64. The van der Waals surface area contributed by atoms with Crippen LogP contribution in [0.3, 0.4) is 0 Å². The molecule has 1 saturated heterocycles. The molecular weight excluding hydrogens is 219 g/mol. The van der Waals surface area contributed by atoms with E-state index in [1.54, 1.807) is 0 Å². The summed E-state index contributed by atoms with van der Waals surface area (Å²) in [5, 5.41) is 4.00. The van der Waals surface area contributed by atoms with Gasteiger partial charge in [-0.25, -0.2) is 0 Å². The molecule has 4 heteroatoms. The summed E-state index contributed by atoms with van der Waals surface area (Å²) >= 11 is 11.2. The Labute approximate surface area is 96.2 Å². The van der Waals surface area contributed by atoms with Crippen molar-refractivity contribution in [2.75, 3.05) is 33.2 Å². The Balaban J connectivity index is 2.07. The summed E-state index contributed by atoms with van der Waals surface area (Å²) in [7, 11) is 2.18. The second kappa shape index (κ2) is 6.67. The van der Waals surface area contributed by atoms with Gasteiger partial charge in [-0.15, -0.1) is 0 Å². The third-order valence-corrected chi connectivity index (χ3v) is 3.30. The zero-order valence-electron chi connectivity index (χ0n) is 8.60. The zero-order chi connectivity index (χ0) is 10.4. The summed E-state index contributed by atoms with van der Waals surface area (Å²) < 4.78 is 0. The lowest BCUT2D eigenvalue weighted by Gasteiger charge is -2.28. The molecule has 0 aromatic rings.